The number of rotatable bonds is 10. The Bertz CT molecular complexity index is 200. The van der Waals surface area contributed by atoms with Crippen LogP contribution in [0, 0.1) is 0 Å². The number of aliphatic hydroxyl groups is 1. The number of hydrogen-bond acceptors (Lipinski definition) is 3. The molecule has 0 aromatic rings. The molecule has 0 aliphatic rings. The summed E-state index contributed by atoms with van der Waals surface area (Å²) in [6.45, 7) is 5.26. The largest absolute Gasteiger partial charge is 0.396 e. The summed E-state index contributed by atoms with van der Waals surface area (Å²) >= 11 is 0. The van der Waals surface area contributed by atoms with E-state index in [2.05, 4.69) is 30.2 Å². The first kappa shape index (κ1) is 15.2. The van der Waals surface area contributed by atoms with Crippen LogP contribution in [-0.2, 0) is 0 Å². The molecule has 94 valence electrons. The van der Waals surface area contributed by atoms with Gasteiger partial charge in [-0.3, -0.25) is 4.99 Å². The minimum absolute atomic E-state index is 0.247. The van der Waals surface area contributed by atoms with Crippen LogP contribution in [-0.4, -0.2) is 24.6 Å². The molecule has 0 unspecified atom stereocenters. The van der Waals surface area contributed by atoms with E-state index < -0.39 is 0 Å². The van der Waals surface area contributed by atoms with Gasteiger partial charge in [-0.2, -0.15) is 0 Å². The molecule has 0 saturated heterocycles. The van der Waals surface area contributed by atoms with Gasteiger partial charge in [0.25, 0.3) is 0 Å². The lowest BCUT2D eigenvalue weighted by atomic mass is 10.2. The van der Waals surface area contributed by atoms with Gasteiger partial charge in [0, 0.05) is 18.5 Å². The van der Waals surface area contributed by atoms with Crippen molar-refractivity contribution in [2.45, 2.75) is 52.4 Å². The van der Waals surface area contributed by atoms with Crippen molar-refractivity contribution in [2.24, 2.45) is 4.99 Å². The van der Waals surface area contributed by atoms with Crippen LogP contribution >= 0.6 is 0 Å². The van der Waals surface area contributed by atoms with Crippen LogP contribution in [0.4, 0.5) is 0 Å². The van der Waals surface area contributed by atoms with Crippen molar-refractivity contribution in [2.75, 3.05) is 13.3 Å². The Labute approximate surface area is 99.7 Å². The average molecular weight is 226 g/mol. The molecular weight excluding hydrogens is 200 g/mol. The van der Waals surface area contributed by atoms with E-state index in [1.807, 2.05) is 6.21 Å². The topological polar surface area (TPSA) is 44.6 Å². The van der Waals surface area contributed by atoms with Gasteiger partial charge in [0.1, 0.15) is 6.67 Å². The molecule has 0 fully saturated rings. The SMILES string of the molecule is CC/C=C(\CCCC)NCN=CCCCO. The second kappa shape index (κ2) is 12.2. The lowest BCUT2D eigenvalue weighted by molar-refractivity contribution is 0.291. The first-order valence-electron chi connectivity index (χ1n) is 6.37. The molecule has 0 atom stereocenters. The monoisotopic (exact) mass is 226 g/mol. The predicted octanol–water partition coefficient (Wildman–Crippen LogP) is 2.86. The molecule has 0 aromatic carbocycles. The van der Waals surface area contributed by atoms with Gasteiger partial charge in [0.2, 0.25) is 0 Å². The van der Waals surface area contributed by atoms with E-state index in [0.29, 0.717) is 6.67 Å². The van der Waals surface area contributed by atoms with Gasteiger partial charge in [-0.25, -0.2) is 0 Å². The van der Waals surface area contributed by atoms with E-state index in [0.717, 1.165) is 25.7 Å². The van der Waals surface area contributed by atoms with E-state index in [1.54, 1.807) is 0 Å². The molecule has 0 aromatic heterocycles. The zero-order chi connectivity index (χ0) is 12.1. The lowest BCUT2D eigenvalue weighted by Gasteiger charge is -2.08. The average Bonchev–Trinajstić information content (AvgIpc) is 2.30. The fourth-order valence-electron chi connectivity index (χ4n) is 1.36. The molecule has 0 bridgehead atoms. The zero-order valence-corrected chi connectivity index (χ0v) is 10.7. The third-order valence-electron chi connectivity index (χ3n) is 2.27. The Morgan fingerprint density at radius 2 is 2.12 bits per heavy atom. The van der Waals surface area contributed by atoms with E-state index in [4.69, 9.17) is 5.11 Å². The van der Waals surface area contributed by atoms with Crippen LogP contribution in [0.25, 0.3) is 0 Å². The van der Waals surface area contributed by atoms with Crippen LogP contribution in [0.15, 0.2) is 16.8 Å². The molecule has 2 N–H and O–H groups in total. The summed E-state index contributed by atoms with van der Waals surface area (Å²) < 4.78 is 0. The van der Waals surface area contributed by atoms with Gasteiger partial charge in [-0.1, -0.05) is 26.3 Å². The van der Waals surface area contributed by atoms with E-state index in [1.165, 1.54) is 18.5 Å². The fraction of sp³-hybridized carbons (Fsp3) is 0.769. The molecule has 3 nitrogen and oxygen atoms in total. The maximum atomic E-state index is 8.59. The number of allylic oxidation sites excluding steroid dienone is 2. The summed E-state index contributed by atoms with van der Waals surface area (Å²) in [5.74, 6) is 0. The predicted molar refractivity (Wildman–Crippen MR) is 70.7 cm³/mol. The van der Waals surface area contributed by atoms with Crippen molar-refractivity contribution in [3.05, 3.63) is 11.8 Å². The third kappa shape index (κ3) is 9.71. The van der Waals surface area contributed by atoms with Gasteiger partial charge >= 0.3 is 0 Å². The number of nitrogens with one attached hydrogen (secondary N) is 1. The summed E-state index contributed by atoms with van der Waals surface area (Å²) in [5.41, 5.74) is 1.31. The molecule has 0 radical (unpaired) electrons. The maximum Gasteiger partial charge on any atom is 0.107 e. The Kier molecular flexibility index (Phi) is 11.6. The number of nitrogens with zero attached hydrogens (tertiary/aromatic N) is 1. The molecule has 0 amide bonds. The normalized spacial score (nSPS) is 12.3. The minimum atomic E-state index is 0.247. The highest BCUT2D eigenvalue weighted by Gasteiger charge is 1.93. The molecule has 3 heteroatoms. The molecule has 0 rings (SSSR count). The quantitative estimate of drug-likeness (QED) is 0.444. The summed E-state index contributed by atoms with van der Waals surface area (Å²) in [7, 11) is 0. The van der Waals surface area contributed by atoms with E-state index in [9.17, 15) is 0 Å². The van der Waals surface area contributed by atoms with Crippen LogP contribution in [0.5, 0.6) is 0 Å². The van der Waals surface area contributed by atoms with Crippen molar-refractivity contribution in [3.63, 3.8) is 0 Å². The van der Waals surface area contributed by atoms with E-state index >= 15 is 0 Å². The zero-order valence-electron chi connectivity index (χ0n) is 10.7. The molecule has 0 spiro atoms. The van der Waals surface area contributed by atoms with Gasteiger partial charge in [0.05, 0.1) is 0 Å². The summed E-state index contributed by atoms with van der Waals surface area (Å²) in [6.07, 6.45) is 10.4. The van der Waals surface area contributed by atoms with Crippen molar-refractivity contribution in [1.82, 2.24) is 5.32 Å². The smallest absolute Gasteiger partial charge is 0.107 e. The van der Waals surface area contributed by atoms with Gasteiger partial charge in [0.15, 0.2) is 0 Å². The van der Waals surface area contributed by atoms with Crippen LogP contribution in [0.2, 0.25) is 0 Å². The number of unbranched alkanes of at least 4 members (excludes halogenated alkanes) is 2. The Balaban J connectivity index is 3.67. The Morgan fingerprint density at radius 3 is 2.75 bits per heavy atom. The standard InChI is InChI=1S/C13H26N2O/c1-3-5-9-13(8-4-2)15-12-14-10-6-7-11-16/h8,10,15-16H,3-7,9,11-12H2,1-2H3/b13-8+,14-10?. The number of aliphatic hydroxyl groups excluding tert-OH is 1. The summed E-state index contributed by atoms with van der Waals surface area (Å²) in [6, 6.07) is 0. The van der Waals surface area contributed by atoms with Gasteiger partial charge < -0.3 is 10.4 Å². The van der Waals surface area contributed by atoms with Crippen LogP contribution in [0.1, 0.15) is 52.4 Å². The van der Waals surface area contributed by atoms with Crippen molar-refractivity contribution >= 4 is 6.21 Å². The van der Waals surface area contributed by atoms with Crippen molar-refractivity contribution in [1.29, 1.82) is 0 Å². The number of aliphatic imine (C=N–C) groups is 1. The molecule has 0 heterocycles. The van der Waals surface area contributed by atoms with E-state index in [-0.39, 0.29) is 6.61 Å². The van der Waals surface area contributed by atoms with Gasteiger partial charge in [-0.15, -0.1) is 0 Å². The number of hydrogen-bond donors (Lipinski definition) is 2. The highest BCUT2D eigenvalue weighted by atomic mass is 16.2. The van der Waals surface area contributed by atoms with Crippen LogP contribution < -0.4 is 5.32 Å². The highest BCUT2D eigenvalue weighted by molar-refractivity contribution is 5.56. The summed E-state index contributed by atoms with van der Waals surface area (Å²) in [5, 5.41) is 11.9. The Hall–Kier alpha value is -0.830. The molecule has 0 saturated carbocycles. The molecular formula is C13H26N2O. The second-order valence-corrected chi connectivity index (χ2v) is 3.81. The lowest BCUT2D eigenvalue weighted by Crippen LogP contribution is -2.13. The third-order valence-corrected chi connectivity index (χ3v) is 2.27. The van der Waals surface area contributed by atoms with Crippen molar-refractivity contribution < 1.29 is 5.11 Å². The molecule has 0 aliphatic heterocycles. The Morgan fingerprint density at radius 1 is 1.31 bits per heavy atom. The van der Waals surface area contributed by atoms with Gasteiger partial charge in [-0.05, 0) is 32.1 Å². The molecule has 16 heavy (non-hydrogen) atoms. The second-order valence-electron chi connectivity index (χ2n) is 3.81. The first-order chi connectivity index (χ1) is 7.85. The highest BCUT2D eigenvalue weighted by Crippen LogP contribution is 2.04. The van der Waals surface area contributed by atoms with Crippen molar-refractivity contribution in [3.8, 4) is 0 Å². The summed E-state index contributed by atoms with van der Waals surface area (Å²) in [4.78, 5) is 4.25. The molecule has 0 aliphatic carbocycles. The maximum absolute atomic E-state index is 8.59. The minimum Gasteiger partial charge on any atom is -0.396 e. The fourth-order valence-corrected chi connectivity index (χ4v) is 1.36. The first-order valence-corrected chi connectivity index (χ1v) is 6.37. The van der Waals surface area contributed by atoms with Crippen LogP contribution in [0.3, 0.4) is 0 Å².